The van der Waals surface area contributed by atoms with Gasteiger partial charge in [-0.1, -0.05) is 45.8 Å². The van der Waals surface area contributed by atoms with Crippen LogP contribution in [0.5, 0.6) is 0 Å². The molecule has 13 heavy (non-hydrogen) atoms. The highest BCUT2D eigenvalue weighted by Crippen LogP contribution is 2.25. The van der Waals surface area contributed by atoms with Gasteiger partial charge in [0, 0.05) is 0 Å². The first-order chi connectivity index (χ1) is 5.97. The van der Waals surface area contributed by atoms with Crippen LogP contribution in [0.4, 0.5) is 0 Å². The van der Waals surface area contributed by atoms with E-state index in [1.165, 1.54) is 18.2 Å². The van der Waals surface area contributed by atoms with Crippen LogP contribution in [0.15, 0.2) is 23.1 Å². The van der Waals surface area contributed by atoms with E-state index in [4.69, 9.17) is 23.2 Å². The van der Waals surface area contributed by atoms with Gasteiger partial charge in [0.05, 0.1) is 14.9 Å². The molecule has 0 fully saturated rings. The van der Waals surface area contributed by atoms with Crippen LogP contribution < -0.4 is 0 Å². The zero-order valence-electron chi connectivity index (χ0n) is 6.30. The largest absolute Gasteiger partial charge is 0.223 e. The summed E-state index contributed by atoms with van der Waals surface area (Å²) >= 11 is 13.1. The van der Waals surface area contributed by atoms with Crippen molar-refractivity contribution in [3.63, 3.8) is 0 Å². The highest BCUT2D eigenvalue weighted by molar-refractivity contribution is 14.1. The average Bonchev–Trinajstić information content (AvgIpc) is 2.09. The minimum Gasteiger partial charge on any atom is -0.223 e. The van der Waals surface area contributed by atoms with Crippen molar-refractivity contribution in [1.82, 2.24) is 0 Å². The molecule has 1 rings (SSSR count). The molecule has 2 nitrogen and oxygen atoms in total. The summed E-state index contributed by atoms with van der Waals surface area (Å²) in [6.45, 7) is 0. The summed E-state index contributed by atoms with van der Waals surface area (Å²) in [6, 6.07) is 4.28. The number of hydrogen-bond acceptors (Lipinski definition) is 2. The van der Waals surface area contributed by atoms with Crippen LogP contribution in [-0.2, 0) is 9.84 Å². The number of benzene rings is 1. The van der Waals surface area contributed by atoms with Gasteiger partial charge < -0.3 is 0 Å². The lowest BCUT2D eigenvalue weighted by molar-refractivity contribution is 0.601. The molecule has 0 aliphatic carbocycles. The Hall–Kier alpha value is 0.480. The predicted molar refractivity (Wildman–Crippen MR) is 62.5 cm³/mol. The molecule has 0 aromatic heterocycles. The average molecular weight is 351 g/mol. The maximum Gasteiger partial charge on any atom is 0.187 e. The Labute approximate surface area is 100 Å². The van der Waals surface area contributed by atoms with Gasteiger partial charge >= 0.3 is 0 Å². The molecule has 0 heterocycles. The third-order valence-electron chi connectivity index (χ3n) is 1.39. The van der Waals surface area contributed by atoms with E-state index in [0.29, 0.717) is 5.02 Å². The zero-order valence-corrected chi connectivity index (χ0v) is 10.8. The molecule has 0 atom stereocenters. The smallest absolute Gasteiger partial charge is 0.187 e. The molecule has 0 aliphatic rings. The first-order valence-electron chi connectivity index (χ1n) is 3.21. The number of alkyl halides is 1. The van der Waals surface area contributed by atoms with Crippen molar-refractivity contribution in [1.29, 1.82) is 0 Å². The maximum absolute atomic E-state index is 11.4. The Morgan fingerprint density at radius 2 is 1.85 bits per heavy atom. The van der Waals surface area contributed by atoms with Crippen LogP contribution in [0.1, 0.15) is 0 Å². The van der Waals surface area contributed by atoms with Gasteiger partial charge in [0.1, 0.15) is 3.76 Å². The molecule has 0 spiro atoms. The standard InChI is InChI=1S/C7H5Cl2IO2S/c8-6-2-1-5(3-7(6)9)13(11,12)4-10/h1-3H,4H2. The van der Waals surface area contributed by atoms with Gasteiger partial charge in [0.15, 0.2) is 9.84 Å². The van der Waals surface area contributed by atoms with Crippen molar-refractivity contribution < 1.29 is 8.42 Å². The fourth-order valence-electron chi connectivity index (χ4n) is 0.733. The molecular formula is C7H5Cl2IO2S. The molecule has 0 radical (unpaired) electrons. The van der Waals surface area contributed by atoms with Gasteiger partial charge in [-0.25, -0.2) is 8.42 Å². The lowest BCUT2D eigenvalue weighted by atomic mass is 10.4. The van der Waals surface area contributed by atoms with E-state index in [1.54, 1.807) is 22.6 Å². The predicted octanol–water partition coefficient (Wildman–Crippen LogP) is 3.16. The lowest BCUT2D eigenvalue weighted by Gasteiger charge is -2.01. The highest BCUT2D eigenvalue weighted by atomic mass is 127. The first-order valence-corrected chi connectivity index (χ1v) is 7.14. The second-order valence-electron chi connectivity index (χ2n) is 2.30. The normalized spacial score (nSPS) is 11.6. The summed E-state index contributed by atoms with van der Waals surface area (Å²) in [5.41, 5.74) is 0. The van der Waals surface area contributed by atoms with Crippen molar-refractivity contribution >= 4 is 55.6 Å². The molecule has 0 saturated heterocycles. The first kappa shape index (κ1) is 11.6. The zero-order chi connectivity index (χ0) is 10.1. The summed E-state index contributed by atoms with van der Waals surface area (Å²) in [5, 5.41) is 0.613. The molecule has 0 amide bonds. The summed E-state index contributed by atoms with van der Waals surface area (Å²) < 4.78 is 22.7. The molecule has 0 unspecified atom stereocenters. The summed E-state index contributed by atoms with van der Waals surface area (Å²) in [6.07, 6.45) is 0. The van der Waals surface area contributed by atoms with E-state index in [2.05, 4.69) is 0 Å². The van der Waals surface area contributed by atoms with Crippen LogP contribution in [0.2, 0.25) is 10.0 Å². The van der Waals surface area contributed by atoms with Crippen molar-refractivity contribution in [3.05, 3.63) is 28.2 Å². The van der Waals surface area contributed by atoms with E-state index in [9.17, 15) is 8.42 Å². The Bertz CT molecular complexity index is 417. The van der Waals surface area contributed by atoms with Crippen LogP contribution in [0.3, 0.4) is 0 Å². The van der Waals surface area contributed by atoms with Gasteiger partial charge in [-0.05, 0) is 18.2 Å². The third-order valence-corrected chi connectivity index (χ3v) is 5.85. The lowest BCUT2D eigenvalue weighted by Crippen LogP contribution is -2.01. The van der Waals surface area contributed by atoms with Gasteiger partial charge in [-0.2, -0.15) is 0 Å². The molecule has 0 N–H and O–H groups in total. The van der Waals surface area contributed by atoms with Crippen molar-refractivity contribution in [2.24, 2.45) is 0 Å². The third kappa shape index (κ3) is 2.71. The molecule has 1 aromatic rings. The number of halogens is 3. The van der Waals surface area contributed by atoms with Gasteiger partial charge in [-0.15, -0.1) is 0 Å². The van der Waals surface area contributed by atoms with E-state index >= 15 is 0 Å². The molecule has 0 saturated carbocycles. The Morgan fingerprint density at radius 3 is 2.31 bits per heavy atom. The molecule has 6 heteroatoms. The summed E-state index contributed by atoms with van der Waals surface area (Å²) in [4.78, 5) is 0.205. The number of hydrogen-bond donors (Lipinski definition) is 0. The minimum atomic E-state index is -3.19. The highest BCUT2D eigenvalue weighted by Gasteiger charge is 2.13. The molecule has 72 valence electrons. The molecule has 1 aromatic carbocycles. The SMILES string of the molecule is O=S(=O)(CI)c1ccc(Cl)c(Cl)c1. The summed E-state index contributed by atoms with van der Waals surface area (Å²) in [7, 11) is -3.19. The fourth-order valence-corrected chi connectivity index (χ4v) is 2.87. The maximum atomic E-state index is 11.4. The van der Waals surface area contributed by atoms with Gasteiger partial charge in [0.2, 0.25) is 0 Å². The molecule has 0 bridgehead atoms. The molecule has 0 aliphatic heterocycles. The Balaban J connectivity index is 3.27. The van der Waals surface area contributed by atoms with Crippen LogP contribution in [-0.4, -0.2) is 12.2 Å². The minimum absolute atomic E-state index is 0.0305. The second-order valence-corrected chi connectivity index (χ2v) is 6.90. The fraction of sp³-hybridized carbons (Fsp3) is 0.143. The van der Waals surface area contributed by atoms with Crippen LogP contribution in [0, 0.1) is 0 Å². The van der Waals surface area contributed by atoms with Gasteiger partial charge in [0.25, 0.3) is 0 Å². The van der Waals surface area contributed by atoms with Crippen LogP contribution in [0.25, 0.3) is 0 Å². The van der Waals surface area contributed by atoms with Crippen molar-refractivity contribution in [2.75, 3.05) is 3.76 Å². The van der Waals surface area contributed by atoms with Crippen molar-refractivity contribution in [3.8, 4) is 0 Å². The Morgan fingerprint density at radius 1 is 1.23 bits per heavy atom. The number of sulfone groups is 1. The van der Waals surface area contributed by atoms with E-state index < -0.39 is 9.84 Å². The van der Waals surface area contributed by atoms with Gasteiger partial charge in [-0.3, -0.25) is 0 Å². The molecular weight excluding hydrogens is 346 g/mol. The van der Waals surface area contributed by atoms with E-state index in [-0.39, 0.29) is 13.7 Å². The van der Waals surface area contributed by atoms with E-state index in [0.717, 1.165) is 0 Å². The van der Waals surface area contributed by atoms with Crippen molar-refractivity contribution in [2.45, 2.75) is 4.90 Å². The number of rotatable bonds is 2. The second kappa shape index (κ2) is 4.33. The quantitative estimate of drug-likeness (QED) is 0.606. The Kier molecular flexibility index (Phi) is 3.85. The summed E-state index contributed by atoms with van der Waals surface area (Å²) in [5.74, 6) is 0. The van der Waals surface area contributed by atoms with Crippen LogP contribution >= 0.6 is 45.8 Å². The monoisotopic (exact) mass is 350 g/mol. The topological polar surface area (TPSA) is 34.1 Å². The van der Waals surface area contributed by atoms with E-state index in [1.807, 2.05) is 0 Å².